The minimum Gasteiger partial charge on any atom is -0.264 e. The van der Waals surface area contributed by atoms with Crippen LogP contribution in [0.1, 0.15) is 11.1 Å². The van der Waals surface area contributed by atoms with Crippen LogP contribution in [0, 0.1) is 6.92 Å². The maximum Gasteiger partial charge on any atom is 0.240 e. The molecule has 0 aliphatic rings. The standard InChI is InChI=1S/C16H21N3O4S2/c1-14-6-3-4-8-16(14)25(22,23)18-10-11-19(24(2,20)21)13-15-7-5-9-17-12-15/h3-9,12,18H,10-11,13H2,1-2H3. The van der Waals surface area contributed by atoms with Gasteiger partial charge in [0.05, 0.1) is 11.2 Å². The maximum absolute atomic E-state index is 12.4. The molecule has 1 aromatic carbocycles. The molecule has 1 N–H and O–H groups in total. The number of hydrogen-bond acceptors (Lipinski definition) is 5. The number of nitrogens with zero attached hydrogens (tertiary/aromatic N) is 2. The zero-order valence-corrected chi connectivity index (χ0v) is 15.7. The molecule has 2 rings (SSSR count). The van der Waals surface area contributed by atoms with E-state index in [0.29, 0.717) is 5.56 Å². The predicted molar refractivity (Wildman–Crippen MR) is 95.9 cm³/mol. The highest BCUT2D eigenvalue weighted by atomic mass is 32.2. The van der Waals surface area contributed by atoms with E-state index in [0.717, 1.165) is 11.8 Å². The average molecular weight is 383 g/mol. The van der Waals surface area contributed by atoms with Gasteiger partial charge < -0.3 is 0 Å². The van der Waals surface area contributed by atoms with Gasteiger partial charge in [0.2, 0.25) is 20.0 Å². The minimum absolute atomic E-state index is 0.0238. The van der Waals surface area contributed by atoms with Crippen molar-refractivity contribution < 1.29 is 16.8 Å². The summed E-state index contributed by atoms with van der Waals surface area (Å²) in [5.74, 6) is 0. The van der Waals surface area contributed by atoms with Gasteiger partial charge in [0, 0.05) is 32.0 Å². The molecule has 7 nitrogen and oxygen atoms in total. The molecule has 0 aliphatic carbocycles. The number of pyridine rings is 1. The fourth-order valence-corrected chi connectivity index (χ4v) is 4.37. The van der Waals surface area contributed by atoms with Gasteiger partial charge in [-0.25, -0.2) is 21.6 Å². The van der Waals surface area contributed by atoms with Crippen LogP contribution < -0.4 is 4.72 Å². The van der Waals surface area contributed by atoms with Crippen LogP contribution in [-0.2, 0) is 26.6 Å². The van der Waals surface area contributed by atoms with E-state index in [4.69, 9.17) is 0 Å². The van der Waals surface area contributed by atoms with Gasteiger partial charge >= 0.3 is 0 Å². The van der Waals surface area contributed by atoms with E-state index >= 15 is 0 Å². The fraction of sp³-hybridized carbons (Fsp3) is 0.312. The maximum atomic E-state index is 12.4. The van der Waals surface area contributed by atoms with E-state index in [1.807, 2.05) is 0 Å². The third-order valence-corrected chi connectivity index (χ3v) is 6.46. The van der Waals surface area contributed by atoms with Gasteiger partial charge in [0.15, 0.2) is 0 Å². The van der Waals surface area contributed by atoms with Crippen molar-refractivity contribution >= 4 is 20.0 Å². The number of sulfonamides is 2. The molecule has 0 bridgehead atoms. The van der Waals surface area contributed by atoms with Crippen LogP contribution in [0.3, 0.4) is 0 Å². The van der Waals surface area contributed by atoms with Crippen molar-refractivity contribution in [3.05, 3.63) is 59.9 Å². The summed E-state index contributed by atoms with van der Waals surface area (Å²) in [6.07, 6.45) is 4.28. The smallest absolute Gasteiger partial charge is 0.240 e. The van der Waals surface area contributed by atoms with Crippen LogP contribution in [0.25, 0.3) is 0 Å². The summed E-state index contributed by atoms with van der Waals surface area (Å²) in [5, 5.41) is 0. The second-order valence-corrected chi connectivity index (χ2v) is 9.34. The van der Waals surface area contributed by atoms with Crippen LogP contribution in [0.5, 0.6) is 0 Å². The van der Waals surface area contributed by atoms with Crippen molar-refractivity contribution in [2.45, 2.75) is 18.4 Å². The number of rotatable bonds is 8. The highest BCUT2D eigenvalue weighted by Crippen LogP contribution is 2.13. The highest BCUT2D eigenvalue weighted by molar-refractivity contribution is 7.89. The third-order valence-electron chi connectivity index (χ3n) is 3.59. The molecule has 0 saturated heterocycles. The summed E-state index contributed by atoms with van der Waals surface area (Å²) in [6.45, 7) is 1.85. The van der Waals surface area contributed by atoms with E-state index in [2.05, 4.69) is 9.71 Å². The number of benzene rings is 1. The Morgan fingerprint density at radius 1 is 1.08 bits per heavy atom. The third kappa shape index (κ3) is 5.60. The van der Waals surface area contributed by atoms with Crippen LogP contribution in [0.15, 0.2) is 53.7 Å². The van der Waals surface area contributed by atoms with Crippen molar-refractivity contribution in [3.63, 3.8) is 0 Å². The lowest BCUT2D eigenvalue weighted by Crippen LogP contribution is -2.37. The zero-order valence-electron chi connectivity index (χ0n) is 14.1. The summed E-state index contributed by atoms with van der Waals surface area (Å²) in [5.41, 5.74) is 1.36. The van der Waals surface area contributed by atoms with E-state index < -0.39 is 20.0 Å². The van der Waals surface area contributed by atoms with Gasteiger partial charge in [-0.2, -0.15) is 4.31 Å². The van der Waals surface area contributed by atoms with E-state index in [9.17, 15) is 16.8 Å². The van der Waals surface area contributed by atoms with Crippen molar-refractivity contribution in [1.29, 1.82) is 0 Å². The quantitative estimate of drug-likeness (QED) is 0.737. The molecule has 1 aromatic heterocycles. The van der Waals surface area contributed by atoms with Crippen molar-refractivity contribution in [2.75, 3.05) is 19.3 Å². The first-order chi connectivity index (χ1) is 11.7. The zero-order chi connectivity index (χ0) is 18.5. The first kappa shape index (κ1) is 19.5. The predicted octanol–water partition coefficient (Wildman–Crippen LogP) is 1.13. The summed E-state index contributed by atoms with van der Waals surface area (Å²) >= 11 is 0. The first-order valence-electron chi connectivity index (χ1n) is 7.59. The normalized spacial score (nSPS) is 12.4. The molecule has 0 saturated carbocycles. The van der Waals surface area contributed by atoms with Crippen molar-refractivity contribution in [2.24, 2.45) is 0 Å². The molecular formula is C16H21N3O4S2. The summed E-state index contributed by atoms with van der Waals surface area (Å²) in [4.78, 5) is 4.14. The van der Waals surface area contributed by atoms with E-state index in [1.165, 1.54) is 10.4 Å². The molecule has 0 atom stereocenters. The lowest BCUT2D eigenvalue weighted by atomic mass is 10.2. The monoisotopic (exact) mass is 383 g/mol. The number of hydrogen-bond donors (Lipinski definition) is 1. The molecule has 1 heterocycles. The SMILES string of the molecule is Cc1ccccc1S(=O)(=O)NCCN(Cc1cccnc1)S(C)(=O)=O. The summed E-state index contributed by atoms with van der Waals surface area (Å²) < 4.78 is 52.3. The van der Waals surface area contributed by atoms with Crippen molar-refractivity contribution in [3.8, 4) is 0 Å². The molecule has 9 heteroatoms. The van der Waals surface area contributed by atoms with Gasteiger partial charge in [0.1, 0.15) is 0 Å². The van der Waals surface area contributed by atoms with E-state index in [-0.39, 0.29) is 24.5 Å². The Balaban J connectivity index is 2.05. The molecular weight excluding hydrogens is 362 g/mol. The molecule has 136 valence electrons. The fourth-order valence-electron chi connectivity index (χ4n) is 2.30. The molecule has 0 spiro atoms. The largest absolute Gasteiger partial charge is 0.264 e. The average Bonchev–Trinajstić information content (AvgIpc) is 2.54. The van der Waals surface area contributed by atoms with E-state index in [1.54, 1.807) is 49.6 Å². The molecule has 25 heavy (non-hydrogen) atoms. The number of aryl methyl sites for hydroxylation is 1. The van der Waals surface area contributed by atoms with Crippen LogP contribution in [0.4, 0.5) is 0 Å². The molecule has 0 amide bonds. The number of nitrogens with one attached hydrogen (secondary N) is 1. The van der Waals surface area contributed by atoms with Gasteiger partial charge in [-0.05, 0) is 30.2 Å². The van der Waals surface area contributed by atoms with Crippen LogP contribution >= 0.6 is 0 Å². The van der Waals surface area contributed by atoms with Crippen molar-refractivity contribution in [1.82, 2.24) is 14.0 Å². The minimum atomic E-state index is -3.69. The lowest BCUT2D eigenvalue weighted by molar-refractivity contribution is 0.412. The van der Waals surface area contributed by atoms with Gasteiger partial charge in [-0.15, -0.1) is 0 Å². The molecule has 0 fully saturated rings. The Kier molecular flexibility index (Phi) is 6.28. The Labute approximate surface area is 148 Å². The summed E-state index contributed by atoms with van der Waals surface area (Å²) in [6, 6.07) is 10.1. The Bertz CT molecular complexity index is 913. The lowest BCUT2D eigenvalue weighted by Gasteiger charge is -2.20. The first-order valence-corrected chi connectivity index (χ1v) is 10.9. The van der Waals surface area contributed by atoms with Crippen LogP contribution in [-0.4, -0.2) is 45.5 Å². The van der Waals surface area contributed by atoms with Gasteiger partial charge in [-0.3, -0.25) is 4.98 Å². The second-order valence-electron chi connectivity index (χ2n) is 5.62. The molecule has 0 aliphatic heterocycles. The van der Waals surface area contributed by atoms with Gasteiger partial charge in [-0.1, -0.05) is 24.3 Å². The van der Waals surface area contributed by atoms with Crippen LogP contribution in [0.2, 0.25) is 0 Å². The highest BCUT2D eigenvalue weighted by Gasteiger charge is 2.20. The molecule has 2 aromatic rings. The summed E-state index contributed by atoms with van der Waals surface area (Å²) in [7, 11) is -7.17. The topological polar surface area (TPSA) is 96.4 Å². The van der Waals surface area contributed by atoms with Gasteiger partial charge in [0.25, 0.3) is 0 Å². The Morgan fingerprint density at radius 3 is 2.40 bits per heavy atom. The molecule has 0 unspecified atom stereocenters. The molecule has 0 radical (unpaired) electrons. The number of aromatic nitrogens is 1. The Morgan fingerprint density at radius 2 is 1.80 bits per heavy atom. The second kappa shape index (κ2) is 8.05. The Hall–Kier alpha value is -1.81.